The summed E-state index contributed by atoms with van der Waals surface area (Å²) in [5, 5.41) is 11.0. The fourth-order valence-electron chi connectivity index (χ4n) is 3.15. The Morgan fingerprint density at radius 3 is 2.50 bits per heavy atom. The molecule has 0 saturated heterocycles. The van der Waals surface area contributed by atoms with Crippen molar-refractivity contribution in [2.24, 2.45) is 4.99 Å². The van der Waals surface area contributed by atoms with Crippen LogP contribution in [0.4, 0.5) is 0 Å². The first-order valence-corrected chi connectivity index (χ1v) is 10.2. The molecule has 4 rings (SSSR count). The molecule has 0 bridgehead atoms. The van der Waals surface area contributed by atoms with E-state index in [4.69, 9.17) is 4.42 Å². The molecule has 0 amide bonds. The molecule has 0 spiro atoms. The van der Waals surface area contributed by atoms with Crippen LogP contribution in [0.25, 0.3) is 11.5 Å². The summed E-state index contributed by atoms with van der Waals surface area (Å²) in [6, 6.07) is 18.4. The van der Waals surface area contributed by atoms with Crippen LogP contribution in [-0.2, 0) is 19.6 Å². The highest BCUT2D eigenvalue weighted by molar-refractivity contribution is 14.0. The van der Waals surface area contributed by atoms with Crippen molar-refractivity contribution in [3.63, 3.8) is 0 Å². The molecule has 8 heteroatoms. The minimum Gasteiger partial charge on any atom is -0.444 e. The van der Waals surface area contributed by atoms with Gasteiger partial charge in [0.25, 0.3) is 0 Å². The number of nitrogens with zero attached hydrogens (tertiary/aromatic N) is 4. The Labute approximate surface area is 205 Å². The first-order valence-electron chi connectivity index (χ1n) is 10.2. The molecule has 2 aromatic heterocycles. The van der Waals surface area contributed by atoms with Crippen molar-refractivity contribution < 1.29 is 4.42 Å². The maximum atomic E-state index is 5.61. The van der Waals surface area contributed by atoms with E-state index in [1.807, 2.05) is 59.5 Å². The topological polar surface area (TPSA) is 80.3 Å². The van der Waals surface area contributed by atoms with Crippen molar-refractivity contribution in [1.82, 2.24) is 25.4 Å². The van der Waals surface area contributed by atoms with Crippen LogP contribution in [-0.4, -0.2) is 27.8 Å². The third kappa shape index (κ3) is 6.43. The number of hydrogen-bond acceptors (Lipinski definition) is 4. The van der Waals surface area contributed by atoms with E-state index in [9.17, 15) is 0 Å². The van der Waals surface area contributed by atoms with E-state index in [1.54, 1.807) is 13.3 Å². The Hall–Kier alpha value is -3.14. The Balaban J connectivity index is 0.00000289. The average Bonchev–Trinajstić information content (AvgIpc) is 3.45. The molecule has 0 saturated carbocycles. The zero-order chi connectivity index (χ0) is 21.5. The highest BCUT2D eigenvalue weighted by atomic mass is 127. The third-order valence-electron chi connectivity index (χ3n) is 4.84. The number of aryl methyl sites for hydroxylation is 1. The van der Waals surface area contributed by atoms with Gasteiger partial charge in [-0.2, -0.15) is 5.10 Å². The number of aromatic nitrogens is 3. The van der Waals surface area contributed by atoms with Crippen LogP contribution >= 0.6 is 24.0 Å². The molecule has 2 N–H and O–H groups in total. The SMILES string of the molecule is CN=C(NCc1cnn(Cc2ccccc2)c1)NCc1coc(-c2ccc(C)cc2)n1.I. The number of rotatable bonds is 7. The zero-order valence-electron chi connectivity index (χ0n) is 18.2. The van der Waals surface area contributed by atoms with Crippen LogP contribution in [0.1, 0.15) is 22.4 Å². The van der Waals surface area contributed by atoms with Gasteiger partial charge in [-0.15, -0.1) is 24.0 Å². The second-order valence-electron chi connectivity index (χ2n) is 7.32. The molecular weight excluding hydrogens is 515 g/mol. The summed E-state index contributed by atoms with van der Waals surface area (Å²) in [4.78, 5) is 8.83. The van der Waals surface area contributed by atoms with Crippen LogP contribution in [0.2, 0.25) is 0 Å². The van der Waals surface area contributed by atoms with Gasteiger partial charge in [-0.25, -0.2) is 4.98 Å². The van der Waals surface area contributed by atoms with Gasteiger partial charge >= 0.3 is 0 Å². The minimum atomic E-state index is 0. The fourth-order valence-corrected chi connectivity index (χ4v) is 3.15. The number of aliphatic imine (C=N–C) groups is 1. The van der Waals surface area contributed by atoms with E-state index in [2.05, 4.69) is 44.8 Å². The highest BCUT2D eigenvalue weighted by Crippen LogP contribution is 2.19. The number of oxazole rings is 1. The molecular formula is C24H27IN6O. The third-order valence-corrected chi connectivity index (χ3v) is 4.84. The van der Waals surface area contributed by atoms with Crippen LogP contribution in [0.3, 0.4) is 0 Å². The molecule has 0 aliphatic carbocycles. The number of nitrogens with one attached hydrogen (secondary N) is 2. The maximum Gasteiger partial charge on any atom is 0.226 e. The molecule has 0 unspecified atom stereocenters. The molecule has 2 aromatic carbocycles. The van der Waals surface area contributed by atoms with Crippen molar-refractivity contribution >= 4 is 29.9 Å². The van der Waals surface area contributed by atoms with Gasteiger partial charge in [0.1, 0.15) is 6.26 Å². The molecule has 0 radical (unpaired) electrons. The lowest BCUT2D eigenvalue weighted by molar-refractivity contribution is 0.572. The van der Waals surface area contributed by atoms with Gasteiger partial charge < -0.3 is 15.1 Å². The lowest BCUT2D eigenvalue weighted by atomic mass is 10.1. The largest absolute Gasteiger partial charge is 0.444 e. The van der Waals surface area contributed by atoms with E-state index in [0.717, 1.165) is 23.4 Å². The standard InChI is InChI=1S/C24H26N6O.HI/c1-18-8-10-21(11-9-18)23-29-22(17-31-23)14-27-24(25-2)26-12-20-13-28-30(16-20)15-19-6-4-3-5-7-19;/h3-11,13,16-17H,12,14-15H2,1-2H3,(H2,25,26,27);1H. The molecule has 166 valence electrons. The molecule has 0 aliphatic rings. The smallest absolute Gasteiger partial charge is 0.226 e. The second kappa shape index (κ2) is 11.5. The average molecular weight is 542 g/mol. The highest BCUT2D eigenvalue weighted by Gasteiger charge is 2.08. The van der Waals surface area contributed by atoms with Gasteiger partial charge in [0.15, 0.2) is 5.96 Å². The monoisotopic (exact) mass is 542 g/mol. The molecule has 0 fully saturated rings. The Morgan fingerprint density at radius 1 is 1.00 bits per heavy atom. The lowest BCUT2D eigenvalue weighted by Gasteiger charge is -2.09. The number of hydrogen-bond donors (Lipinski definition) is 2. The Morgan fingerprint density at radius 2 is 1.75 bits per heavy atom. The molecule has 4 aromatic rings. The fraction of sp³-hybridized carbons (Fsp3) is 0.208. The summed E-state index contributed by atoms with van der Waals surface area (Å²) in [5.74, 6) is 1.31. The van der Waals surface area contributed by atoms with Gasteiger partial charge in [0, 0.05) is 30.9 Å². The number of halogens is 1. The normalized spacial score (nSPS) is 11.1. The molecule has 0 atom stereocenters. The summed E-state index contributed by atoms with van der Waals surface area (Å²) in [7, 11) is 1.74. The van der Waals surface area contributed by atoms with Crippen molar-refractivity contribution in [2.75, 3.05) is 7.05 Å². The predicted octanol–water partition coefficient (Wildman–Crippen LogP) is 4.38. The Kier molecular flexibility index (Phi) is 8.43. The van der Waals surface area contributed by atoms with E-state index in [-0.39, 0.29) is 24.0 Å². The van der Waals surface area contributed by atoms with E-state index in [1.165, 1.54) is 11.1 Å². The predicted molar refractivity (Wildman–Crippen MR) is 137 cm³/mol. The van der Waals surface area contributed by atoms with E-state index >= 15 is 0 Å². The molecule has 0 aliphatic heterocycles. The van der Waals surface area contributed by atoms with Gasteiger partial charge in [0.05, 0.1) is 25.0 Å². The lowest BCUT2D eigenvalue weighted by Crippen LogP contribution is -2.36. The second-order valence-corrected chi connectivity index (χ2v) is 7.32. The van der Waals surface area contributed by atoms with Crippen molar-refractivity contribution in [3.05, 3.63) is 95.6 Å². The zero-order valence-corrected chi connectivity index (χ0v) is 20.5. The first kappa shape index (κ1) is 23.5. The van der Waals surface area contributed by atoms with E-state index in [0.29, 0.717) is 24.9 Å². The summed E-state index contributed by atoms with van der Waals surface area (Å²) in [6.07, 6.45) is 5.58. The molecule has 32 heavy (non-hydrogen) atoms. The quantitative estimate of drug-likeness (QED) is 0.206. The van der Waals surface area contributed by atoms with Crippen LogP contribution in [0.5, 0.6) is 0 Å². The van der Waals surface area contributed by atoms with Gasteiger partial charge in [0.2, 0.25) is 5.89 Å². The van der Waals surface area contributed by atoms with Crippen molar-refractivity contribution in [2.45, 2.75) is 26.6 Å². The maximum absolute atomic E-state index is 5.61. The summed E-state index contributed by atoms with van der Waals surface area (Å²) in [6.45, 7) is 3.95. The van der Waals surface area contributed by atoms with Crippen molar-refractivity contribution in [3.8, 4) is 11.5 Å². The van der Waals surface area contributed by atoms with Crippen LogP contribution < -0.4 is 10.6 Å². The first-order chi connectivity index (χ1) is 15.2. The number of benzene rings is 2. The summed E-state index contributed by atoms with van der Waals surface area (Å²) >= 11 is 0. The van der Waals surface area contributed by atoms with Crippen LogP contribution in [0, 0.1) is 6.92 Å². The Bertz CT molecular complexity index is 1130. The number of guanidine groups is 1. The summed E-state index contributed by atoms with van der Waals surface area (Å²) in [5.41, 5.74) is 5.29. The minimum absolute atomic E-state index is 0. The molecule has 2 heterocycles. The van der Waals surface area contributed by atoms with Gasteiger partial charge in [-0.3, -0.25) is 9.67 Å². The van der Waals surface area contributed by atoms with E-state index < -0.39 is 0 Å². The van der Waals surface area contributed by atoms with Gasteiger partial charge in [-0.05, 0) is 24.6 Å². The van der Waals surface area contributed by atoms with Gasteiger partial charge in [-0.1, -0.05) is 48.0 Å². The molecule has 7 nitrogen and oxygen atoms in total. The van der Waals surface area contributed by atoms with Crippen molar-refractivity contribution in [1.29, 1.82) is 0 Å². The summed E-state index contributed by atoms with van der Waals surface area (Å²) < 4.78 is 7.55. The van der Waals surface area contributed by atoms with Crippen LogP contribution in [0.15, 0.2) is 82.7 Å².